The molecule has 0 spiro atoms. The van der Waals surface area contributed by atoms with Crippen LogP contribution in [-0.4, -0.2) is 45.9 Å². The van der Waals surface area contributed by atoms with Crippen molar-refractivity contribution in [2.75, 3.05) is 17.7 Å². The highest BCUT2D eigenvalue weighted by molar-refractivity contribution is 8.13. The van der Waals surface area contributed by atoms with Gasteiger partial charge in [-0.05, 0) is 25.5 Å². The van der Waals surface area contributed by atoms with Crippen LogP contribution in [0.15, 0.2) is 28.7 Å². The summed E-state index contributed by atoms with van der Waals surface area (Å²) in [7, 11) is 0. The fourth-order valence-electron chi connectivity index (χ4n) is 3.50. The van der Waals surface area contributed by atoms with Crippen LogP contribution in [0.3, 0.4) is 0 Å². The second kappa shape index (κ2) is 8.28. The number of thioether (sulfide) groups is 1. The number of pyridine rings is 1. The monoisotopic (exact) mass is 473 g/mol. The van der Waals surface area contributed by atoms with Crippen molar-refractivity contribution in [3.8, 4) is 5.75 Å². The van der Waals surface area contributed by atoms with Crippen LogP contribution in [0.1, 0.15) is 28.8 Å². The zero-order chi connectivity index (χ0) is 22.2. The van der Waals surface area contributed by atoms with Gasteiger partial charge in [0.25, 0.3) is 5.91 Å². The molecule has 0 saturated carbocycles. The van der Waals surface area contributed by atoms with Crippen molar-refractivity contribution in [3.05, 3.63) is 34.4 Å². The summed E-state index contributed by atoms with van der Waals surface area (Å²) in [5, 5.41) is 5.44. The number of amidine groups is 1. The first kappa shape index (κ1) is 21.8. The van der Waals surface area contributed by atoms with Crippen LogP contribution in [0.2, 0.25) is 0 Å². The summed E-state index contributed by atoms with van der Waals surface area (Å²) >= 11 is 2.85. The van der Waals surface area contributed by atoms with E-state index in [0.29, 0.717) is 22.6 Å². The molecule has 8 nitrogen and oxygen atoms in total. The van der Waals surface area contributed by atoms with Crippen molar-refractivity contribution in [3.63, 3.8) is 0 Å². The molecule has 2 aliphatic rings. The minimum Gasteiger partial charge on any atom is -0.404 e. The number of carbonyl (C=O) groups excluding carboxylic acids is 1. The van der Waals surface area contributed by atoms with Crippen LogP contribution in [0.4, 0.5) is 19.0 Å². The molecule has 3 N–H and O–H groups in total. The maximum atomic E-state index is 12.4. The van der Waals surface area contributed by atoms with E-state index in [1.54, 1.807) is 5.38 Å². The van der Waals surface area contributed by atoms with Gasteiger partial charge in [-0.3, -0.25) is 4.79 Å². The quantitative estimate of drug-likeness (QED) is 0.700. The number of rotatable bonds is 4. The summed E-state index contributed by atoms with van der Waals surface area (Å²) in [5.74, 6) is 0.176. The third-order valence-electron chi connectivity index (χ3n) is 4.94. The molecule has 0 unspecified atom stereocenters. The molecule has 0 bridgehead atoms. The highest BCUT2D eigenvalue weighted by Gasteiger charge is 2.49. The molecule has 13 heteroatoms. The average molecular weight is 474 g/mol. The number of nitrogens with two attached hydrogens (primary N) is 1. The minimum atomic E-state index is -4.83. The molecule has 2 aromatic heterocycles. The highest BCUT2D eigenvalue weighted by atomic mass is 32.2. The summed E-state index contributed by atoms with van der Waals surface area (Å²) in [6.45, 7) is 2.37. The first-order chi connectivity index (χ1) is 14.6. The van der Waals surface area contributed by atoms with E-state index in [2.05, 4.69) is 25.0 Å². The van der Waals surface area contributed by atoms with E-state index in [-0.39, 0.29) is 17.7 Å². The molecule has 0 aliphatic carbocycles. The largest absolute Gasteiger partial charge is 0.573 e. The van der Waals surface area contributed by atoms with Crippen molar-refractivity contribution in [2.24, 2.45) is 16.6 Å². The van der Waals surface area contributed by atoms with Gasteiger partial charge in [-0.2, -0.15) is 0 Å². The fraction of sp³-hybridized carbons (Fsp3) is 0.444. The van der Waals surface area contributed by atoms with E-state index in [4.69, 9.17) is 10.5 Å². The van der Waals surface area contributed by atoms with Gasteiger partial charge in [0, 0.05) is 17.1 Å². The zero-order valence-corrected chi connectivity index (χ0v) is 17.8. The molecule has 166 valence electrons. The molecule has 2 aliphatic heterocycles. The molecular formula is C18H18F3N5O3S2. The van der Waals surface area contributed by atoms with Crippen LogP contribution < -0.4 is 15.8 Å². The van der Waals surface area contributed by atoms with Crippen LogP contribution in [0.25, 0.3) is 0 Å². The van der Waals surface area contributed by atoms with Gasteiger partial charge >= 0.3 is 6.36 Å². The summed E-state index contributed by atoms with van der Waals surface area (Å²) in [6, 6.07) is 2.15. The van der Waals surface area contributed by atoms with Gasteiger partial charge in [-0.15, -0.1) is 24.5 Å². The van der Waals surface area contributed by atoms with Gasteiger partial charge in [0.05, 0.1) is 18.9 Å². The lowest BCUT2D eigenvalue weighted by molar-refractivity contribution is -0.274. The third kappa shape index (κ3) is 4.77. The van der Waals surface area contributed by atoms with E-state index in [9.17, 15) is 18.0 Å². The Hall–Kier alpha value is -2.38. The Bertz CT molecular complexity index is 998. The number of nitrogens with one attached hydrogen (secondary N) is 1. The Labute approximate surface area is 183 Å². The van der Waals surface area contributed by atoms with E-state index >= 15 is 0 Å². The molecule has 3 atom stereocenters. The number of aromatic nitrogens is 2. The van der Waals surface area contributed by atoms with Gasteiger partial charge in [-0.25, -0.2) is 15.0 Å². The number of nitrogens with zero attached hydrogens (tertiary/aromatic N) is 3. The lowest BCUT2D eigenvalue weighted by Crippen LogP contribution is -2.49. The van der Waals surface area contributed by atoms with E-state index < -0.39 is 23.6 Å². The number of fused-ring (bicyclic) bond motifs is 1. The van der Waals surface area contributed by atoms with Crippen molar-refractivity contribution < 1.29 is 27.4 Å². The summed E-state index contributed by atoms with van der Waals surface area (Å²) in [6.07, 6.45) is -3.07. The third-order valence-corrected chi connectivity index (χ3v) is 6.91. The maximum Gasteiger partial charge on any atom is 0.573 e. The molecular weight excluding hydrogens is 455 g/mol. The van der Waals surface area contributed by atoms with E-state index in [0.717, 1.165) is 30.5 Å². The average Bonchev–Trinajstić information content (AvgIpc) is 3.16. The van der Waals surface area contributed by atoms with Crippen LogP contribution >= 0.6 is 23.1 Å². The lowest BCUT2D eigenvalue weighted by atomic mass is 9.80. The summed E-state index contributed by atoms with van der Waals surface area (Å²) in [5.41, 5.74) is 5.22. The Balaban J connectivity index is 1.50. The molecule has 0 aromatic carbocycles. The number of carbonyl (C=O) groups is 1. The van der Waals surface area contributed by atoms with Crippen molar-refractivity contribution in [2.45, 2.75) is 31.3 Å². The molecule has 4 rings (SSSR count). The predicted octanol–water partition coefficient (Wildman–Crippen LogP) is 3.37. The second-order valence-electron chi connectivity index (χ2n) is 7.16. The Morgan fingerprint density at radius 2 is 2.23 bits per heavy atom. The number of anilines is 1. The van der Waals surface area contributed by atoms with Gasteiger partial charge in [-0.1, -0.05) is 11.8 Å². The number of hydrogen-bond acceptors (Lipinski definition) is 9. The predicted molar refractivity (Wildman–Crippen MR) is 110 cm³/mol. The molecule has 1 fully saturated rings. The fourth-order valence-corrected chi connectivity index (χ4v) is 5.47. The standard InChI is InChI=1S/C18H18F3N5O3S2/c1-9-4-10-6-31-16(22)26-17(10,8-28-9)15-25-13(7-30-15)24-14(27)12-3-2-11(5-23-12)29-18(19,20)21/h2-3,5,7,9-10H,4,6,8H2,1H3,(H2,22,26)(H,24,27)/t9-,10-,17-/m0/s1. The normalized spacial score (nSPS) is 26.0. The van der Waals surface area contributed by atoms with Crippen LogP contribution in [0.5, 0.6) is 5.75 Å². The lowest BCUT2D eigenvalue weighted by Gasteiger charge is -2.44. The van der Waals surface area contributed by atoms with Gasteiger partial charge < -0.3 is 20.5 Å². The second-order valence-corrected chi connectivity index (χ2v) is 9.06. The molecule has 2 aromatic rings. The van der Waals surface area contributed by atoms with Crippen LogP contribution in [0, 0.1) is 5.92 Å². The summed E-state index contributed by atoms with van der Waals surface area (Å²) < 4.78 is 46.3. The minimum absolute atomic E-state index is 0.0775. The van der Waals surface area contributed by atoms with E-state index in [1.165, 1.54) is 23.1 Å². The number of aliphatic imine (C=N–C) groups is 1. The first-order valence-corrected chi connectivity index (χ1v) is 11.1. The number of amides is 1. The highest BCUT2D eigenvalue weighted by Crippen LogP contribution is 2.47. The maximum absolute atomic E-state index is 12.4. The first-order valence-electron chi connectivity index (χ1n) is 9.23. The van der Waals surface area contributed by atoms with Crippen molar-refractivity contribution in [1.82, 2.24) is 9.97 Å². The Morgan fingerprint density at radius 3 is 2.94 bits per heavy atom. The molecule has 1 amide bonds. The number of hydrogen-bond donors (Lipinski definition) is 2. The molecule has 4 heterocycles. The zero-order valence-electron chi connectivity index (χ0n) is 16.2. The topological polar surface area (TPSA) is 112 Å². The smallest absolute Gasteiger partial charge is 0.404 e. The Kier molecular flexibility index (Phi) is 5.83. The molecule has 0 radical (unpaired) electrons. The van der Waals surface area contributed by atoms with E-state index in [1.807, 2.05) is 6.92 Å². The molecule has 31 heavy (non-hydrogen) atoms. The van der Waals surface area contributed by atoms with Gasteiger partial charge in [0.1, 0.15) is 27.8 Å². The SMILES string of the molecule is C[C@H]1C[C@H]2CSC(N)=N[C@@]2(c2nc(NC(=O)c3ccc(OC(F)(F)F)cn3)cs2)CO1. The summed E-state index contributed by atoms with van der Waals surface area (Å²) in [4.78, 5) is 25.4. The number of thiazole rings is 1. The molecule has 1 saturated heterocycles. The number of halogens is 3. The van der Waals surface area contributed by atoms with Crippen molar-refractivity contribution >= 4 is 40.0 Å². The van der Waals surface area contributed by atoms with Gasteiger partial charge in [0.15, 0.2) is 5.17 Å². The van der Waals surface area contributed by atoms with Crippen molar-refractivity contribution in [1.29, 1.82) is 0 Å². The number of alkyl halides is 3. The Morgan fingerprint density at radius 1 is 1.42 bits per heavy atom. The van der Waals surface area contributed by atoms with Crippen LogP contribution in [-0.2, 0) is 10.3 Å². The van der Waals surface area contributed by atoms with Gasteiger partial charge in [0.2, 0.25) is 0 Å². The number of ether oxygens (including phenoxy) is 2.